The van der Waals surface area contributed by atoms with Crippen molar-refractivity contribution < 1.29 is 18.0 Å². The first-order chi connectivity index (χ1) is 12.7. The molecule has 0 aromatic heterocycles. The normalized spacial score (nSPS) is 16.3. The van der Waals surface area contributed by atoms with E-state index in [0.717, 1.165) is 40.0 Å². The fourth-order valence-corrected chi connectivity index (χ4v) is 3.83. The van der Waals surface area contributed by atoms with Gasteiger partial charge in [0.2, 0.25) is 0 Å². The second-order valence-electron chi connectivity index (χ2n) is 6.05. The molecule has 0 bridgehead atoms. The van der Waals surface area contributed by atoms with Crippen molar-refractivity contribution in [3.8, 4) is 0 Å². The predicted octanol–water partition coefficient (Wildman–Crippen LogP) is 5.18. The van der Waals surface area contributed by atoms with E-state index in [2.05, 4.69) is 0 Å². The maximum atomic E-state index is 12.9. The van der Waals surface area contributed by atoms with E-state index < -0.39 is 17.6 Å². The van der Waals surface area contributed by atoms with E-state index in [1.165, 1.54) is 12.1 Å². The number of amides is 1. The number of benzene rings is 2. The zero-order valence-electron chi connectivity index (χ0n) is 14.4. The molecule has 0 atom stereocenters. The van der Waals surface area contributed by atoms with E-state index in [0.29, 0.717) is 4.91 Å². The quantitative estimate of drug-likeness (QED) is 0.516. The summed E-state index contributed by atoms with van der Waals surface area (Å²) in [7, 11) is 3.85. The third kappa shape index (κ3) is 4.17. The maximum absolute atomic E-state index is 12.9. The van der Waals surface area contributed by atoms with Gasteiger partial charge in [-0.3, -0.25) is 9.69 Å². The number of halogens is 3. The number of thioether (sulfide) groups is 1. The summed E-state index contributed by atoms with van der Waals surface area (Å²) >= 11 is 6.30. The van der Waals surface area contributed by atoms with E-state index in [-0.39, 0.29) is 10.0 Å². The summed E-state index contributed by atoms with van der Waals surface area (Å²) in [6.07, 6.45) is -2.80. The van der Waals surface area contributed by atoms with Gasteiger partial charge in [-0.05, 0) is 42.0 Å². The Morgan fingerprint density at radius 2 is 1.78 bits per heavy atom. The summed E-state index contributed by atoms with van der Waals surface area (Å²) < 4.78 is 39.0. The Balaban J connectivity index is 1.89. The van der Waals surface area contributed by atoms with Crippen molar-refractivity contribution in [3.63, 3.8) is 0 Å². The summed E-state index contributed by atoms with van der Waals surface area (Å²) in [5.74, 6) is -0.430. The van der Waals surface area contributed by atoms with Gasteiger partial charge in [-0.2, -0.15) is 13.2 Å². The van der Waals surface area contributed by atoms with Gasteiger partial charge in [-0.25, -0.2) is 0 Å². The first-order valence-electron chi connectivity index (χ1n) is 7.89. The molecule has 3 nitrogen and oxygen atoms in total. The van der Waals surface area contributed by atoms with E-state index in [1.807, 2.05) is 43.3 Å². The second kappa shape index (κ2) is 7.36. The molecule has 0 N–H and O–H groups in total. The van der Waals surface area contributed by atoms with Crippen LogP contribution in [0.25, 0.3) is 6.08 Å². The Bertz CT molecular complexity index is 921. The van der Waals surface area contributed by atoms with Crippen LogP contribution in [0.2, 0.25) is 0 Å². The van der Waals surface area contributed by atoms with Crippen LogP contribution < -0.4 is 9.80 Å². The molecule has 1 aliphatic rings. The Labute approximate surface area is 164 Å². The lowest BCUT2D eigenvalue weighted by Crippen LogP contribution is -2.27. The van der Waals surface area contributed by atoms with E-state index in [9.17, 15) is 18.0 Å². The highest BCUT2D eigenvalue weighted by molar-refractivity contribution is 8.27. The highest BCUT2D eigenvalue weighted by Gasteiger charge is 2.36. The summed E-state index contributed by atoms with van der Waals surface area (Å²) in [6, 6.07) is 12.2. The SMILES string of the molecule is CN(C)c1ccc(/C=C2\SC(=S)N(c3cccc(C(F)(F)F)c3)C2=O)cc1. The average Bonchev–Trinajstić information content (AvgIpc) is 2.88. The fourth-order valence-electron chi connectivity index (χ4n) is 2.53. The number of hydrogen-bond acceptors (Lipinski definition) is 4. The van der Waals surface area contributed by atoms with Crippen LogP contribution in [0.1, 0.15) is 11.1 Å². The summed E-state index contributed by atoms with van der Waals surface area (Å²) in [5, 5.41) is 0. The highest BCUT2D eigenvalue weighted by atomic mass is 32.2. The molecular weight excluding hydrogens is 393 g/mol. The molecule has 0 saturated carbocycles. The minimum atomic E-state index is -4.49. The molecule has 1 saturated heterocycles. The van der Waals surface area contributed by atoms with Crippen LogP contribution in [-0.4, -0.2) is 24.3 Å². The first kappa shape index (κ1) is 19.4. The zero-order valence-corrected chi connectivity index (χ0v) is 16.1. The zero-order chi connectivity index (χ0) is 19.8. The average molecular weight is 408 g/mol. The van der Waals surface area contributed by atoms with Crippen molar-refractivity contribution in [2.75, 3.05) is 23.9 Å². The molecule has 8 heteroatoms. The van der Waals surface area contributed by atoms with Crippen molar-refractivity contribution in [1.82, 2.24) is 0 Å². The molecule has 140 valence electrons. The summed E-state index contributed by atoms with van der Waals surface area (Å²) in [5.41, 5.74) is 1.12. The van der Waals surface area contributed by atoms with E-state index in [4.69, 9.17) is 12.2 Å². The Morgan fingerprint density at radius 1 is 1.11 bits per heavy atom. The van der Waals surface area contributed by atoms with Gasteiger partial charge in [0, 0.05) is 19.8 Å². The van der Waals surface area contributed by atoms with Gasteiger partial charge < -0.3 is 4.90 Å². The van der Waals surface area contributed by atoms with E-state index in [1.54, 1.807) is 6.08 Å². The minimum absolute atomic E-state index is 0.110. The number of nitrogens with zero attached hydrogens (tertiary/aromatic N) is 2. The van der Waals surface area contributed by atoms with Gasteiger partial charge in [-0.15, -0.1) is 0 Å². The highest BCUT2D eigenvalue weighted by Crippen LogP contribution is 2.38. The van der Waals surface area contributed by atoms with Crippen molar-refractivity contribution in [1.29, 1.82) is 0 Å². The van der Waals surface area contributed by atoms with Gasteiger partial charge in [0.05, 0.1) is 16.2 Å². The number of carbonyl (C=O) groups is 1. The first-order valence-corrected chi connectivity index (χ1v) is 9.12. The topological polar surface area (TPSA) is 23.6 Å². The van der Waals surface area contributed by atoms with Gasteiger partial charge in [0.25, 0.3) is 5.91 Å². The molecule has 2 aromatic carbocycles. The van der Waals surface area contributed by atoms with Gasteiger partial charge in [-0.1, -0.05) is 42.2 Å². The number of hydrogen-bond donors (Lipinski definition) is 0. The summed E-state index contributed by atoms with van der Waals surface area (Å²) in [4.78, 5) is 16.2. The van der Waals surface area contributed by atoms with Crippen LogP contribution in [0, 0.1) is 0 Å². The monoisotopic (exact) mass is 408 g/mol. The lowest BCUT2D eigenvalue weighted by atomic mass is 10.1. The molecule has 0 spiro atoms. The van der Waals surface area contributed by atoms with E-state index >= 15 is 0 Å². The molecule has 0 unspecified atom stereocenters. The molecule has 1 aliphatic heterocycles. The predicted molar refractivity (Wildman–Crippen MR) is 108 cm³/mol. The Morgan fingerprint density at radius 3 is 2.37 bits per heavy atom. The van der Waals surface area contributed by atoms with Crippen LogP contribution in [0.15, 0.2) is 53.4 Å². The van der Waals surface area contributed by atoms with Crippen molar-refractivity contribution in [2.45, 2.75) is 6.18 Å². The smallest absolute Gasteiger partial charge is 0.378 e. The third-order valence-corrected chi connectivity index (χ3v) is 5.23. The van der Waals surface area contributed by atoms with Crippen LogP contribution in [0.5, 0.6) is 0 Å². The van der Waals surface area contributed by atoms with Crippen LogP contribution in [0.3, 0.4) is 0 Å². The number of thiocarbonyl (C=S) groups is 1. The molecule has 1 fully saturated rings. The van der Waals surface area contributed by atoms with Crippen LogP contribution >= 0.6 is 24.0 Å². The second-order valence-corrected chi connectivity index (χ2v) is 7.73. The minimum Gasteiger partial charge on any atom is -0.378 e. The van der Waals surface area contributed by atoms with Crippen LogP contribution in [0.4, 0.5) is 24.5 Å². The standard InChI is InChI=1S/C19H15F3N2OS2/c1-23(2)14-8-6-12(7-9-14)10-16-17(25)24(18(26)27-16)15-5-3-4-13(11-15)19(20,21)22/h3-11H,1-2H3/b16-10-. The Kier molecular flexibility index (Phi) is 5.30. The Hall–Kier alpha value is -2.32. The molecule has 2 aromatic rings. The summed E-state index contributed by atoms with van der Waals surface area (Å²) in [6.45, 7) is 0. The molecule has 0 aliphatic carbocycles. The molecule has 3 rings (SSSR count). The molecule has 1 amide bonds. The maximum Gasteiger partial charge on any atom is 0.416 e. The molecule has 27 heavy (non-hydrogen) atoms. The lowest BCUT2D eigenvalue weighted by molar-refractivity contribution is -0.137. The fraction of sp³-hybridized carbons (Fsp3) is 0.158. The molecular formula is C19H15F3N2OS2. The largest absolute Gasteiger partial charge is 0.416 e. The third-order valence-electron chi connectivity index (χ3n) is 3.93. The number of rotatable bonds is 3. The molecule has 0 radical (unpaired) electrons. The van der Waals surface area contributed by atoms with Crippen molar-refractivity contribution >= 4 is 51.7 Å². The number of anilines is 2. The van der Waals surface area contributed by atoms with Gasteiger partial charge in [0.15, 0.2) is 4.32 Å². The number of carbonyl (C=O) groups excluding carboxylic acids is 1. The van der Waals surface area contributed by atoms with Crippen molar-refractivity contribution in [3.05, 3.63) is 64.6 Å². The van der Waals surface area contributed by atoms with Gasteiger partial charge >= 0.3 is 6.18 Å². The van der Waals surface area contributed by atoms with Crippen molar-refractivity contribution in [2.24, 2.45) is 0 Å². The van der Waals surface area contributed by atoms with Crippen LogP contribution in [-0.2, 0) is 11.0 Å². The lowest BCUT2D eigenvalue weighted by Gasteiger charge is -2.16. The number of alkyl halides is 3. The van der Waals surface area contributed by atoms with Gasteiger partial charge in [0.1, 0.15) is 0 Å². The molecule has 1 heterocycles.